The first kappa shape index (κ1) is 12.0. The van der Waals surface area contributed by atoms with E-state index in [2.05, 4.69) is 0 Å². The van der Waals surface area contributed by atoms with Gasteiger partial charge in [-0.2, -0.15) is 13.2 Å². The van der Waals surface area contributed by atoms with Crippen LogP contribution in [0.2, 0.25) is 0 Å². The van der Waals surface area contributed by atoms with Gasteiger partial charge in [-0.3, -0.25) is 0 Å². The zero-order valence-corrected chi connectivity index (χ0v) is 9.91. The van der Waals surface area contributed by atoms with Crippen LogP contribution in [0.5, 0.6) is 0 Å². The number of halogens is 3. The molecule has 0 spiro atoms. The molecule has 0 atom stereocenters. The van der Waals surface area contributed by atoms with Crippen molar-refractivity contribution in [3.8, 4) is 0 Å². The summed E-state index contributed by atoms with van der Waals surface area (Å²) in [6, 6.07) is 13.1. The fourth-order valence-corrected chi connectivity index (χ4v) is 2.35. The summed E-state index contributed by atoms with van der Waals surface area (Å²) in [5.74, 6) is 0. The van der Waals surface area contributed by atoms with Gasteiger partial charge in [0.15, 0.2) is 0 Å². The third-order valence-corrected chi connectivity index (χ3v) is 3.20. The van der Waals surface area contributed by atoms with Gasteiger partial charge in [-0.15, -0.1) is 0 Å². The first-order chi connectivity index (χ1) is 9.07. The molecule has 0 N–H and O–H groups in total. The monoisotopic (exact) mass is 259 g/mol. The molecule has 0 bridgehead atoms. The highest BCUT2D eigenvalue weighted by Gasteiger charge is 2.34. The number of benzene rings is 2. The van der Waals surface area contributed by atoms with Gasteiger partial charge in [-0.25, -0.2) is 0 Å². The summed E-state index contributed by atoms with van der Waals surface area (Å²) < 4.78 is 39.1. The van der Waals surface area contributed by atoms with Crippen molar-refractivity contribution in [1.29, 1.82) is 0 Å². The van der Waals surface area contributed by atoms with Crippen LogP contribution < -0.4 is 0 Å². The van der Waals surface area contributed by atoms with Gasteiger partial charge < -0.3 is 0 Å². The van der Waals surface area contributed by atoms with Gasteiger partial charge in [-0.05, 0) is 28.3 Å². The molecule has 0 saturated carbocycles. The van der Waals surface area contributed by atoms with Gasteiger partial charge in [0.2, 0.25) is 0 Å². The van der Waals surface area contributed by atoms with E-state index in [1.807, 2.05) is 30.7 Å². The molecule has 19 heavy (non-hydrogen) atoms. The van der Waals surface area contributed by atoms with E-state index in [9.17, 15) is 13.2 Å². The minimum atomic E-state index is -4.34. The number of rotatable bonds is 1. The van der Waals surface area contributed by atoms with Gasteiger partial charge in [0.1, 0.15) is 0 Å². The van der Waals surface area contributed by atoms with Crippen molar-refractivity contribution in [3.05, 3.63) is 83.3 Å². The molecule has 1 aliphatic carbocycles. The molecule has 0 fully saturated rings. The molecular formula is C16H10F3. The Morgan fingerprint density at radius 1 is 0.737 bits per heavy atom. The maximum atomic E-state index is 13.0. The summed E-state index contributed by atoms with van der Waals surface area (Å²) in [6.45, 7) is 0. The maximum Gasteiger partial charge on any atom is 0.417 e. The Bertz CT molecular complexity index is 651. The minimum Gasteiger partial charge on any atom is -0.166 e. The number of allylic oxidation sites excluding steroid dienone is 1. The first-order valence-electron chi connectivity index (χ1n) is 5.88. The summed E-state index contributed by atoms with van der Waals surface area (Å²) >= 11 is 0. The number of alkyl halides is 3. The highest BCUT2D eigenvalue weighted by atomic mass is 19.4. The van der Waals surface area contributed by atoms with Gasteiger partial charge >= 0.3 is 6.18 Å². The molecular weight excluding hydrogens is 249 g/mol. The fraction of sp³-hybridized carbons (Fsp3) is 0.0625. The molecule has 0 aromatic heterocycles. The minimum absolute atomic E-state index is 0.233. The highest BCUT2D eigenvalue weighted by Crippen LogP contribution is 2.40. The summed E-state index contributed by atoms with van der Waals surface area (Å²) in [6.07, 6.45) is -0.748. The second-order valence-corrected chi connectivity index (χ2v) is 4.38. The molecule has 0 saturated heterocycles. The van der Waals surface area contributed by atoms with E-state index < -0.39 is 11.7 Å². The largest absolute Gasteiger partial charge is 0.417 e. The predicted octanol–water partition coefficient (Wildman–Crippen LogP) is 4.70. The molecule has 3 rings (SSSR count). The molecule has 3 heteroatoms. The summed E-state index contributed by atoms with van der Waals surface area (Å²) in [7, 11) is 0. The highest BCUT2D eigenvalue weighted by molar-refractivity contribution is 5.88. The maximum absolute atomic E-state index is 13.0. The second kappa shape index (κ2) is 4.26. The molecule has 0 heterocycles. The Hall–Kier alpha value is -2.03. The molecule has 2 aromatic carbocycles. The van der Waals surface area contributed by atoms with Crippen LogP contribution in [0.1, 0.15) is 22.3 Å². The Morgan fingerprint density at radius 2 is 1.37 bits per heavy atom. The van der Waals surface area contributed by atoms with E-state index in [1.54, 1.807) is 12.1 Å². The second-order valence-electron chi connectivity index (χ2n) is 4.38. The van der Waals surface area contributed by atoms with Crippen molar-refractivity contribution in [2.24, 2.45) is 0 Å². The van der Waals surface area contributed by atoms with E-state index in [0.717, 1.165) is 17.2 Å². The average molecular weight is 259 g/mol. The summed E-state index contributed by atoms with van der Waals surface area (Å²) in [4.78, 5) is 0. The van der Waals surface area contributed by atoms with Gasteiger partial charge in [0.05, 0.1) is 5.56 Å². The van der Waals surface area contributed by atoms with Crippen LogP contribution >= 0.6 is 0 Å². The van der Waals surface area contributed by atoms with Crippen molar-refractivity contribution in [2.45, 2.75) is 6.18 Å². The van der Waals surface area contributed by atoms with Crippen LogP contribution in [-0.4, -0.2) is 0 Å². The van der Waals surface area contributed by atoms with Crippen LogP contribution in [0, 0.1) is 6.42 Å². The topological polar surface area (TPSA) is 0 Å². The molecule has 0 nitrogen and oxygen atoms in total. The van der Waals surface area contributed by atoms with Crippen LogP contribution in [-0.2, 0) is 6.18 Å². The average Bonchev–Trinajstić information content (AvgIpc) is 2.81. The van der Waals surface area contributed by atoms with Crippen LogP contribution in [0.3, 0.4) is 0 Å². The van der Waals surface area contributed by atoms with Crippen LogP contribution in [0.4, 0.5) is 13.2 Å². The van der Waals surface area contributed by atoms with Crippen LogP contribution in [0.15, 0.2) is 54.6 Å². The Labute approximate surface area is 109 Å². The smallest absolute Gasteiger partial charge is 0.166 e. The van der Waals surface area contributed by atoms with Crippen molar-refractivity contribution < 1.29 is 13.2 Å². The molecule has 2 aromatic rings. The summed E-state index contributed by atoms with van der Waals surface area (Å²) in [5.41, 5.74) is 2.07. The molecule has 0 amide bonds. The first-order valence-corrected chi connectivity index (χ1v) is 5.88. The van der Waals surface area contributed by atoms with Crippen LogP contribution in [0.25, 0.3) is 5.57 Å². The molecule has 0 unspecified atom stereocenters. The normalized spacial score (nSPS) is 14.2. The Kier molecular flexibility index (Phi) is 2.70. The Morgan fingerprint density at radius 3 is 2.11 bits per heavy atom. The zero-order chi connectivity index (χ0) is 13.5. The van der Waals surface area contributed by atoms with Gasteiger partial charge in [-0.1, -0.05) is 48.5 Å². The lowest BCUT2D eigenvalue weighted by Gasteiger charge is -2.14. The Balaban J connectivity index is 2.16. The third kappa shape index (κ3) is 2.05. The van der Waals surface area contributed by atoms with Crippen molar-refractivity contribution in [2.75, 3.05) is 0 Å². The summed E-state index contributed by atoms with van der Waals surface area (Å²) in [5, 5.41) is 0. The third-order valence-electron chi connectivity index (χ3n) is 3.20. The van der Waals surface area contributed by atoms with Crippen molar-refractivity contribution >= 4 is 5.57 Å². The lowest BCUT2D eigenvalue weighted by Crippen LogP contribution is -2.08. The van der Waals surface area contributed by atoms with Crippen molar-refractivity contribution in [1.82, 2.24) is 0 Å². The standard InChI is InChI=1S/C16H10F3/c17-16(18,19)15-8-4-3-7-14(15)13-10-9-11-5-1-2-6-12(11)13/h1-10H. The number of hydrogen-bond acceptors (Lipinski definition) is 0. The van der Waals surface area contributed by atoms with E-state index in [1.165, 1.54) is 12.1 Å². The zero-order valence-electron chi connectivity index (χ0n) is 9.91. The lowest BCUT2D eigenvalue weighted by molar-refractivity contribution is -0.137. The van der Waals surface area contributed by atoms with Gasteiger partial charge in [0, 0.05) is 6.42 Å². The molecule has 1 radical (unpaired) electrons. The quantitative estimate of drug-likeness (QED) is 0.696. The van der Waals surface area contributed by atoms with E-state index in [0.29, 0.717) is 5.57 Å². The number of fused-ring (bicyclic) bond motifs is 1. The van der Waals surface area contributed by atoms with Gasteiger partial charge in [0.25, 0.3) is 0 Å². The fourth-order valence-electron chi connectivity index (χ4n) is 2.35. The number of hydrogen-bond donors (Lipinski definition) is 0. The van der Waals surface area contributed by atoms with E-state index in [-0.39, 0.29) is 5.56 Å². The molecule has 1 aliphatic rings. The predicted molar refractivity (Wildman–Crippen MR) is 68.4 cm³/mol. The molecule has 95 valence electrons. The van der Waals surface area contributed by atoms with Crippen molar-refractivity contribution in [3.63, 3.8) is 0 Å². The van der Waals surface area contributed by atoms with E-state index >= 15 is 0 Å². The molecule has 0 aliphatic heterocycles. The van der Waals surface area contributed by atoms with E-state index in [4.69, 9.17) is 0 Å². The SMILES string of the molecule is FC(F)(F)c1ccccc1C1=C[CH]c2ccccc21. The lowest BCUT2D eigenvalue weighted by atomic mass is 9.95.